The number of nitriles is 1. The van der Waals surface area contributed by atoms with E-state index in [4.69, 9.17) is 33.1 Å². The summed E-state index contributed by atoms with van der Waals surface area (Å²) in [5.74, 6) is 2.42. The van der Waals surface area contributed by atoms with Crippen molar-refractivity contribution in [2.75, 3.05) is 22.9 Å². The zero-order valence-corrected chi connectivity index (χ0v) is 63.3. The summed E-state index contributed by atoms with van der Waals surface area (Å²) in [7, 11) is 0. The Hall–Kier alpha value is -8.74. The molecule has 0 fully saturated rings. The van der Waals surface area contributed by atoms with Crippen molar-refractivity contribution < 1.29 is 9.85 Å². The van der Waals surface area contributed by atoms with Crippen LogP contribution in [-0.2, 0) is 43.6 Å². The predicted molar refractivity (Wildman–Crippen MR) is 402 cm³/mol. The lowest BCUT2D eigenvalue weighted by Crippen LogP contribution is -2.13. The van der Waals surface area contributed by atoms with Gasteiger partial charge in [-0.05, 0) is 92.1 Å². The van der Waals surface area contributed by atoms with E-state index in [1.165, 1.54) is 81.0 Å². The Morgan fingerprint density at radius 2 is 0.889 bits per heavy atom. The van der Waals surface area contributed by atoms with Gasteiger partial charge < -0.3 is 22.9 Å². The average Bonchev–Trinajstić information content (AvgIpc) is 1.66. The Morgan fingerprint density at radius 3 is 1.28 bits per heavy atom. The molecular weight excluding hydrogens is 1320 g/mol. The molecule has 28 heteroatoms. The molecule has 5 heterocycles. The van der Waals surface area contributed by atoms with E-state index >= 15 is 0 Å². The molecule has 0 bridgehead atoms. The molecule has 7 rings (SSSR count). The minimum atomic E-state index is -0.472. The van der Waals surface area contributed by atoms with Crippen molar-refractivity contribution in [1.82, 2.24) is 48.9 Å². The number of hydrogen-bond acceptors (Lipinski definition) is 20. The van der Waals surface area contributed by atoms with Gasteiger partial charge in [0.25, 0.3) is 5.69 Å². The highest BCUT2D eigenvalue weighted by Gasteiger charge is 2.29. The molecule has 0 radical (unpaired) electrons. The molecule has 0 saturated carbocycles. The number of benzene rings is 2. The van der Waals surface area contributed by atoms with Crippen LogP contribution in [0.4, 0.5) is 68.9 Å². The number of nitrogen functional groups attached to an aromatic ring is 4. The van der Waals surface area contributed by atoms with Crippen LogP contribution < -0.4 is 22.9 Å². The van der Waals surface area contributed by atoms with Gasteiger partial charge in [-0.3, -0.25) is 20.2 Å². The van der Waals surface area contributed by atoms with Crippen LogP contribution in [0.3, 0.4) is 0 Å². The van der Waals surface area contributed by atoms with Crippen molar-refractivity contribution in [1.29, 1.82) is 5.26 Å². The van der Waals surface area contributed by atoms with Crippen LogP contribution in [0, 0.1) is 45.4 Å². The van der Waals surface area contributed by atoms with Crippen molar-refractivity contribution in [2.24, 2.45) is 30.7 Å². The number of nitro benzene ring substituents is 1. The van der Waals surface area contributed by atoms with Crippen molar-refractivity contribution >= 4 is 84.8 Å². The molecule has 8 N–H and O–H groups in total. The maximum Gasteiger partial charge on any atom is 0.333 e. The first kappa shape index (κ1) is 82.7. The topological polar surface area (TPSA) is 377 Å². The van der Waals surface area contributed by atoms with Gasteiger partial charge in [0.15, 0.2) is 22.9 Å². The number of rotatable bonds is 34. The zero-order chi connectivity index (χ0) is 73.4. The van der Waals surface area contributed by atoms with E-state index in [1.807, 2.05) is 59.1 Å². The first-order valence-electron chi connectivity index (χ1n) is 35.4. The Morgan fingerprint density at radius 1 is 0.495 bits per heavy atom. The first-order valence-corrected chi connectivity index (χ1v) is 36.2. The number of nitrogens with two attached hydrogens (primary N) is 4. The summed E-state index contributed by atoms with van der Waals surface area (Å²) in [6.45, 7) is 34.7. The fraction of sp³-hybridized carbons (Fsp3) is 0.606. The molecule has 7 aromatic rings. The quantitative estimate of drug-likeness (QED) is 0.0126. The molecular formula is C71H112BrN23O4. The fourth-order valence-corrected chi connectivity index (χ4v) is 10.9. The van der Waals surface area contributed by atoms with Gasteiger partial charge >= 0.3 is 5.69 Å². The lowest BCUT2D eigenvalue weighted by molar-refractivity contribution is -0.384. The minimum absolute atomic E-state index is 0.0174. The number of aromatic nitrogens is 10. The number of nitro groups is 2. The van der Waals surface area contributed by atoms with Gasteiger partial charge in [0, 0.05) is 60.2 Å². The maximum absolute atomic E-state index is 10.7. The number of unbranched alkanes of at least 4 members (excludes halogenated alkanes) is 15. The molecule has 0 aliphatic heterocycles. The summed E-state index contributed by atoms with van der Waals surface area (Å²) in [5, 5.41) is 80.4. The van der Waals surface area contributed by atoms with Crippen molar-refractivity contribution in [3.05, 3.63) is 107 Å². The molecule has 0 aliphatic carbocycles. The summed E-state index contributed by atoms with van der Waals surface area (Å²) < 4.78 is 9.78. The van der Waals surface area contributed by atoms with E-state index in [9.17, 15) is 25.5 Å². The van der Waals surface area contributed by atoms with E-state index in [2.05, 4.69) is 144 Å². The van der Waals surface area contributed by atoms with Crippen LogP contribution in [0.5, 0.6) is 0 Å². The standard InChI is InChI=1S/C26H44N8.C19H28N6O2.C16H22BrN5.C10H18N4O2/c1-8-10-12-14-16-33-24(28)22(23(32-33)26(5,6)7)29-30-25-20(18-27)21(19(3)4)31-34(25)17-15-13-11-9-2;1-5-6-7-8-13-24-18(20)16(17(23-24)19(2,3)4)22-21-14-9-11-15(12-10-14)25(26)27;1-3-4-5-8-11-22-16(18)15(12(2)21-22)20-19-14-10-7-6-9-13(14)17;1-3-4-5-6-7-13-10(11)9(14(15)16)8(2)12-13/h19H,8-17,28H2,1-7H3;9-12H,5-8,13,20H2,1-4H3;6-7,9-10H,3-5,8,11,18H2,1-2H3;3-7,11H2,1-2H3. The lowest BCUT2D eigenvalue weighted by Gasteiger charge is -2.15. The summed E-state index contributed by atoms with van der Waals surface area (Å²) in [5.41, 5.74) is 31.3. The summed E-state index contributed by atoms with van der Waals surface area (Å²) in [4.78, 5) is 20.5. The number of halogens is 1. The Bertz CT molecular complexity index is 3760. The largest absolute Gasteiger partial charge is 0.382 e. The van der Waals surface area contributed by atoms with Crippen LogP contribution in [0.2, 0.25) is 0 Å². The van der Waals surface area contributed by atoms with Crippen LogP contribution in [0.1, 0.15) is 258 Å². The summed E-state index contributed by atoms with van der Waals surface area (Å²) in [6, 6.07) is 15.9. The van der Waals surface area contributed by atoms with Crippen LogP contribution in [0.15, 0.2) is 83.7 Å². The Kier molecular flexibility index (Phi) is 34.8. The number of aryl methyl sites for hydroxylation is 7. The van der Waals surface area contributed by atoms with Crippen LogP contribution in [-0.4, -0.2) is 58.7 Å². The molecule has 0 spiro atoms. The summed E-state index contributed by atoms with van der Waals surface area (Å²) >= 11 is 3.46. The minimum Gasteiger partial charge on any atom is -0.382 e. The SMILES string of the molecule is CCCCCCn1nc(C(C)(C)C)c(N=Nc2c(C#N)c(C(C)C)nn2CCCCCC)c1N.CCCCCCn1nc(C(C)(C)C)c(N=Nc2ccc([N+](=O)[O-])cc2)c1N.CCCCCCn1nc(C)c(N=Nc2ccccc2Br)c1N.CCCCCCn1nc(C)c([N+](=O)[O-])c1N. The number of non-ortho nitro benzene ring substituents is 1. The molecule has 2 aromatic carbocycles. The normalized spacial score (nSPS) is 11.7. The van der Waals surface area contributed by atoms with Gasteiger partial charge in [0.05, 0.1) is 44.0 Å². The maximum atomic E-state index is 10.7. The van der Waals surface area contributed by atoms with Crippen LogP contribution >= 0.6 is 15.9 Å². The monoisotopic (exact) mass is 1430 g/mol. The molecule has 0 saturated heterocycles. The second kappa shape index (κ2) is 41.6. The number of nitrogens with zero attached hydrogens (tertiary/aromatic N) is 19. The van der Waals surface area contributed by atoms with Crippen molar-refractivity contribution in [3.8, 4) is 6.07 Å². The van der Waals surface area contributed by atoms with E-state index < -0.39 is 9.85 Å². The van der Waals surface area contributed by atoms with E-state index in [-0.39, 0.29) is 33.9 Å². The molecule has 0 aliphatic rings. The van der Waals surface area contributed by atoms with Gasteiger partial charge in [-0.1, -0.05) is 198 Å². The van der Waals surface area contributed by atoms with E-state index in [1.54, 1.807) is 23.7 Å². The molecule has 5 aromatic heterocycles. The van der Waals surface area contributed by atoms with E-state index in [0.29, 0.717) is 70.4 Å². The lowest BCUT2D eigenvalue weighted by atomic mass is 9.91. The summed E-state index contributed by atoms with van der Waals surface area (Å²) in [6.07, 6.45) is 22.7. The highest BCUT2D eigenvalue weighted by Crippen LogP contribution is 2.40. The van der Waals surface area contributed by atoms with Gasteiger partial charge in [-0.2, -0.15) is 35.9 Å². The molecule has 0 unspecified atom stereocenters. The van der Waals surface area contributed by atoms with Gasteiger partial charge in [-0.25, -0.2) is 23.4 Å². The molecule has 27 nitrogen and oxygen atoms in total. The fourth-order valence-electron chi connectivity index (χ4n) is 10.5. The van der Waals surface area contributed by atoms with E-state index in [0.717, 1.165) is 117 Å². The van der Waals surface area contributed by atoms with Crippen molar-refractivity contribution in [2.45, 2.75) is 282 Å². The van der Waals surface area contributed by atoms with Crippen LogP contribution in [0.25, 0.3) is 0 Å². The second-order valence-electron chi connectivity index (χ2n) is 27.2. The zero-order valence-electron chi connectivity index (χ0n) is 61.7. The first-order chi connectivity index (χ1) is 47.1. The third kappa shape index (κ3) is 25.5. The third-order valence-electron chi connectivity index (χ3n) is 16.2. The Balaban J connectivity index is 0.000000289. The number of azo groups is 3. The Labute approximate surface area is 594 Å². The third-order valence-corrected chi connectivity index (χ3v) is 16.9. The van der Waals surface area contributed by atoms with Gasteiger partial charge in [-0.15, -0.1) is 25.6 Å². The molecule has 542 valence electrons. The molecule has 0 amide bonds. The predicted octanol–water partition coefficient (Wildman–Crippen LogP) is 21.0. The molecule has 99 heavy (non-hydrogen) atoms. The second-order valence-corrected chi connectivity index (χ2v) is 28.0. The smallest absolute Gasteiger partial charge is 0.333 e. The highest BCUT2D eigenvalue weighted by atomic mass is 79.9. The average molecular weight is 1430 g/mol. The van der Waals surface area contributed by atoms with Gasteiger partial charge in [0.2, 0.25) is 5.82 Å². The molecule has 0 atom stereocenters. The number of hydrogen-bond donors (Lipinski definition) is 4. The highest BCUT2D eigenvalue weighted by molar-refractivity contribution is 9.10. The van der Waals surface area contributed by atoms with Gasteiger partial charge in [0.1, 0.15) is 34.8 Å². The van der Waals surface area contributed by atoms with Crippen molar-refractivity contribution in [3.63, 3.8) is 0 Å². The number of anilines is 4.